The van der Waals surface area contributed by atoms with Crippen LogP contribution in [0.2, 0.25) is 0 Å². The molecule has 0 radical (unpaired) electrons. The molecule has 0 unspecified atom stereocenters. The quantitative estimate of drug-likeness (QED) is 0.0324. The van der Waals surface area contributed by atoms with Crippen molar-refractivity contribution in [1.82, 2.24) is 21.3 Å². The van der Waals surface area contributed by atoms with Crippen LogP contribution >= 0.6 is 0 Å². The molecule has 0 bridgehead atoms. The van der Waals surface area contributed by atoms with E-state index >= 15 is 0 Å². The van der Waals surface area contributed by atoms with E-state index in [-0.39, 0.29) is 6.41 Å². The molecule has 7 saturated heterocycles. The number of carbonyl (C=O) groups is 4. The third kappa shape index (κ3) is 17.7. The van der Waals surface area contributed by atoms with Crippen LogP contribution in [0.25, 0.3) is 0 Å². The Bertz CT molecular complexity index is 2370. The molecule has 0 saturated carbocycles. The normalized spacial score (nSPS) is 46.4. The van der Waals surface area contributed by atoms with Crippen LogP contribution in [-0.2, 0) is 85.5 Å². The fraction of sp³-hybridized carbons (Fsp3) is 0.923. The van der Waals surface area contributed by atoms with Gasteiger partial charge in [0.1, 0.15) is 171 Å². The maximum Gasteiger partial charge on any atom is 0.217 e. The number of aliphatic hydroxyl groups is 20. The summed E-state index contributed by atoms with van der Waals surface area (Å²) in [5, 5.41) is 227. The smallest absolute Gasteiger partial charge is 0.217 e. The Morgan fingerprint density at radius 3 is 1.17 bits per heavy atom. The van der Waals surface area contributed by atoms with Gasteiger partial charge >= 0.3 is 0 Å². The van der Waals surface area contributed by atoms with Crippen LogP contribution in [0.15, 0.2) is 0 Å². The summed E-state index contributed by atoms with van der Waals surface area (Å²) in [5.41, 5.74) is 0. The van der Waals surface area contributed by atoms with Gasteiger partial charge in [-0.1, -0.05) is 0 Å². The van der Waals surface area contributed by atoms with Crippen molar-refractivity contribution in [3.05, 3.63) is 0 Å². The zero-order valence-corrected chi connectivity index (χ0v) is 50.5. The molecule has 7 aliphatic heterocycles. The Labute approximate surface area is 533 Å². The minimum absolute atomic E-state index is 0.265. The molecule has 544 valence electrons. The Morgan fingerprint density at radius 1 is 0.351 bits per heavy atom. The van der Waals surface area contributed by atoms with Crippen LogP contribution in [0.3, 0.4) is 0 Å². The summed E-state index contributed by atoms with van der Waals surface area (Å²) in [7, 11) is 0. The first-order valence-corrected chi connectivity index (χ1v) is 29.8. The van der Waals surface area contributed by atoms with E-state index in [9.17, 15) is 121 Å². The van der Waals surface area contributed by atoms with E-state index in [4.69, 9.17) is 66.3 Å². The number of nitrogens with one attached hydrogen (secondary N) is 4. The van der Waals surface area contributed by atoms with Crippen LogP contribution in [0, 0.1) is 0 Å². The topological polar surface area (TPSA) is 650 Å². The monoisotopic (exact) mass is 1380 g/mol. The zero-order chi connectivity index (χ0) is 69.3. The van der Waals surface area contributed by atoms with Gasteiger partial charge in [-0.15, -0.1) is 0 Å². The van der Waals surface area contributed by atoms with Gasteiger partial charge in [-0.05, 0) is 0 Å². The van der Waals surface area contributed by atoms with E-state index in [2.05, 4.69) is 21.3 Å². The highest BCUT2D eigenvalue weighted by atomic mass is 16.8. The van der Waals surface area contributed by atoms with E-state index in [1.165, 1.54) is 0 Å². The van der Waals surface area contributed by atoms with Crippen LogP contribution in [0.4, 0.5) is 0 Å². The lowest BCUT2D eigenvalue weighted by atomic mass is 9.94. The van der Waals surface area contributed by atoms with E-state index < -0.39 is 298 Å². The molecular formula is C52H88N4O38. The third-order valence-corrected chi connectivity index (χ3v) is 16.7. The zero-order valence-electron chi connectivity index (χ0n) is 50.5. The molecule has 7 fully saturated rings. The number of aliphatic hydroxyl groups excluding tert-OH is 20. The second kappa shape index (κ2) is 35.0. The summed E-state index contributed by atoms with van der Waals surface area (Å²) in [6.07, 6.45) is -61.8. The van der Waals surface area contributed by atoms with Crippen molar-refractivity contribution < 1.29 is 188 Å². The molecule has 7 heterocycles. The summed E-state index contributed by atoms with van der Waals surface area (Å²) in [4.78, 5) is 48.6. The third-order valence-electron chi connectivity index (χ3n) is 16.7. The maximum absolute atomic E-state index is 12.9. The molecule has 42 heteroatoms. The molecule has 0 spiro atoms. The van der Waals surface area contributed by atoms with Gasteiger partial charge in [0.15, 0.2) is 44.0 Å². The summed E-state index contributed by atoms with van der Waals surface area (Å²) in [6.45, 7) is -5.00. The molecule has 0 aromatic rings. The van der Waals surface area contributed by atoms with Gasteiger partial charge in [0, 0.05) is 20.8 Å². The molecule has 4 amide bonds. The van der Waals surface area contributed by atoms with Gasteiger partial charge in [-0.2, -0.15) is 0 Å². The Kier molecular flexibility index (Phi) is 29.0. The van der Waals surface area contributed by atoms with Crippen molar-refractivity contribution in [2.24, 2.45) is 0 Å². The van der Waals surface area contributed by atoms with Gasteiger partial charge in [-0.3, -0.25) is 19.2 Å². The first kappa shape index (κ1) is 77.9. The number of carbonyl (C=O) groups excluding carboxylic acids is 4. The summed E-state index contributed by atoms with van der Waals surface area (Å²) in [6, 6.07) is -6.19. The fourth-order valence-corrected chi connectivity index (χ4v) is 11.7. The highest BCUT2D eigenvalue weighted by Crippen LogP contribution is 2.37. The van der Waals surface area contributed by atoms with Gasteiger partial charge in [-0.25, -0.2) is 0 Å². The standard InChI is InChI=1S/C52H88N4O38/c1-14(65)54-25-33(73)28(68)18(5-58)83-47(25)93-44-31(71)20(7-60)85-51(39(44)79)90-41-22(9-62)87-46(26(34(41)74)55-15(2)66)82-12-24-29(69)35(75)37(77)50(89-24)92-43-27(56-16(3)67)48(84-19(6-59)30(43)70)94-45-32(72)21(8-61)86-52(40(45)80)91-42-23(10-63)88-49(38(78)36(42)76)81-11-17(4-57)53-13-64/h13,17-52,57-63,68-80H,4-12H2,1-3H3,(H,53,64)(H,54,65)(H,55,66)(H,56,67)/t17-,18-,19-,20-,21-,22-,23-,24-,25-,26-,27-,28+,29+,30-,31+,32+,33-,34-,35+,36-,37-,38-,39-,40-,41-,42-,43-,44+,45+,46-,47-,48+,49-,50+,51+,52+/m1/s1. The number of hydrogen-bond donors (Lipinski definition) is 24. The van der Waals surface area contributed by atoms with Gasteiger partial charge in [0.25, 0.3) is 0 Å². The van der Waals surface area contributed by atoms with Crippen molar-refractivity contribution >= 4 is 24.1 Å². The average molecular weight is 1380 g/mol. The average Bonchev–Trinajstić information content (AvgIpc) is 0.782. The predicted octanol–water partition coefficient (Wildman–Crippen LogP) is -16.7. The summed E-state index contributed by atoms with van der Waals surface area (Å²) in [5.74, 6) is -2.53. The second-order valence-electron chi connectivity index (χ2n) is 23.3. The molecule has 7 rings (SSSR count). The Balaban J connectivity index is 1.06. The van der Waals surface area contributed by atoms with Crippen molar-refractivity contribution in [2.75, 3.05) is 59.5 Å². The maximum atomic E-state index is 12.9. The van der Waals surface area contributed by atoms with Crippen LogP contribution < -0.4 is 21.3 Å². The van der Waals surface area contributed by atoms with Crippen molar-refractivity contribution in [3.63, 3.8) is 0 Å². The van der Waals surface area contributed by atoms with Gasteiger partial charge < -0.3 is 190 Å². The van der Waals surface area contributed by atoms with Gasteiger partial charge in [0.05, 0.1) is 65.5 Å². The molecule has 94 heavy (non-hydrogen) atoms. The first-order valence-electron chi connectivity index (χ1n) is 29.8. The summed E-state index contributed by atoms with van der Waals surface area (Å²) < 4.78 is 81.0. The van der Waals surface area contributed by atoms with Crippen molar-refractivity contribution in [1.29, 1.82) is 0 Å². The largest absolute Gasteiger partial charge is 0.394 e. The number of rotatable bonds is 28. The molecule has 0 aromatic heterocycles. The van der Waals surface area contributed by atoms with E-state index in [0.29, 0.717) is 0 Å². The lowest BCUT2D eigenvalue weighted by Gasteiger charge is -2.50. The number of ether oxygens (including phenoxy) is 14. The molecule has 0 aliphatic carbocycles. The first-order chi connectivity index (χ1) is 44.6. The van der Waals surface area contributed by atoms with E-state index in [1.54, 1.807) is 0 Å². The predicted molar refractivity (Wildman–Crippen MR) is 290 cm³/mol. The van der Waals surface area contributed by atoms with E-state index in [0.717, 1.165) is 20.8 Å². The molecule has 36 atom stereocenters. The highest BCUT2D eigenvalue weighted by Gasteiger charge is 2.59. The Morgan fingerprint density at radius 2 is 0.702 bits per heavy atom. The lowest BCUT2D eigenvalue weighted by Crippen LogP contribution is -2.70. The fourth-order valence-electron chi connectivity index (χ4n) is 11.7. The van der Waals surface area contributed by atoms with Crippen LogP contribution in [0.5, 0.6) is 0 Å². The van der Waals surface area contributed by atoms with Gasteiger partial charge in [0.2, 0.25) is 24.1 Å². The van der Waals surface area contributed by atoms with Crippen LogP contribution in [-0.4, -0.2) is 407 Å². The molecular weight excluding hydrogens is 1290 g/mol. The van der Waals surface area contributed by atoms with Crippen LogP contribution in [0.1, 0.15) is 20.8 Å². The molecule has 24 N–H and O–H groups in total. The van der Waals surface area contributed by atoms with E-state index in [1.807, 2.05) is 0 Å². The highest BCUT2D eigenvalue weighted by molar-refractivity contribution is 5.74. The minimum Gasteiger partial charge on any atom is -0.394 e. The van der Waals surface area contributed by atoms with Crippen molar-refractivity contribution in [2.45, 2.75) is 242 Å². The summed E-state index contributed by atoms with van der Waals surface area (Å²) >= 11 is 0. The van der Waals surface area contributed by atoms with Crippen molar-refractivity contribution in [3.8, 4) is 0 Å². The number of amides is 4. The Hall–Kier alpha value is -3.48. The number of hydrogen-bond acceptors (Lipinski definition) is 38. The second-order valence-corrected chi connectivity index (χ2v) is 23.3. The lowest BCUT2D eigenvalue weighted by molar-refractivity contribution is -0.382. The molecule has 0 aromatic carbocycles. The minimum atomic E-state index is -2.26. The molecule has 7 aliphatic rings. The molecule has 42 nitrogen and oxygen atoms in total. The SMILES string of the molecule is CC(=O)N[C@H]1[C@H](OC[C@H]2O[C@@H](O[C@H]3[C@H](O)[C@@H](CO)O[C@@H](O[C@H]4[C@@H](O)[C@@H](CO)O[C@@H](O[C@H]5[C@H](O)[C@@H](O)[C@H](OC[C@@H](CO)NC=O)O[C@@H]5CO)[C@@H]4O)[C@@H]3NC(C)=O)[C@H](O)[C@@H](O)[C@H]2O)O[C@H](CO)[C@@H](O[C@@H]2O[C@H](CO)[C@H](O)[C@H](O[C@H]3O[C@H](CO)[C@H](O)[C@H](O)[C@H]3NC(C)=O)[C@H]2O)[C@@H]1O.